The van der Waals surface area contributed by atoms with Crippen molar-refractivity contribution >= 4 is 10.3 Å². The number of rotatable bonds is 4. The van der Waals surface area contributed by atoms with Crippen LogP contribution in [0.2, 0.25) is 0 Å². The van der Waals surface area contributed by atoms with E-state index in [9.17, 15) is 21.6 Å². The first kappa shape index (κ1) is 16.9. The molecule has 0 saturated carbocycles. The average molecular weight is 370 g/mol. The van der Waals surface area contributed by atoms with Crippen LogP contribution in [0.4, 0.5) is 13.2 Å². The van der Waals surface area contributed by atoms with E-state index in [0.29, 0.717) is 5.56 Å². The van der Waals surface area contributed by atoms with E-state index in [-0.39, 0.29) is 17.1 Å². The van der Waals surface area contributed by atoms with Crippen molar-refractivity contribution in [2.24, 2.45) is 5.14 Å². The van der Waals surface area contributed by atoms with Gasteiger partial charge < -0.3 is 4.18 Å². The first-order valence-corrected chi connectivity index (χ1v) is 8.10. The third kappa shape index (κ3) is 3.61. The average Bonchev–Trinajstić information content (AvgIpc) is 3.02. The molecule has 2 N–H and O–H groups in total. The van der Waals surface area contributed by atoms with Gasteiger partial charge in [-0.1, -0.05) is 5.21 Å². The summed E-state index contributed by atoms with van der Waals surface area (Å²) in [6.45, 7) is 0. The fourth-order valence-corrected chi connectivity index (χ4v) is 2.40. The van der Waals surface area contributed by atoms with Crippen molar-refractivity contribution < 1.29 is 25.8 Å². The molecular weight excluding hydrogens is 361 g/mol. The van der Waals surface area contributed by atoms with Gasteiger partial charge >= 0.3 is 10.3 Å². The van der Waals surface area contributed by atoms with Gasteiger partial charge in [0.1, 0.15) is 17.1 Å². The lowest BCUT2D eigenvalue weighted by atomic mass is 10.2. The number of nitrogens with zero attached hydrogens (tertiary/aromatic N) is 3. The largest absolute Gasteiger partial charge is 0.380 e. The molecule has 0 radical (unpaired) electrons. The van der Waals surface area contributed by atoms with E-state index in [1.165, 1.54) is 30.5 Å². The predicted molar refractivity (Wildman–Crippen MR) is 80.4 cm³/mol. The lowest BCUT2D eigenvalue weighted by Gasteiger charge is -2.03. The quantitative estimate of drug-likeness (QED) is 0.708. The van der Waals surface area contributed by atoms with Gasteiger partial charge in [0.05, 0.1) is 6.20 Å². The molecule has 0 amide bonds. The standard InChI is InChI=1S/C14H9F3N4O3S/c15-10-5-6-12(14(17)13(10)16)21-7-11(19-20-21)8-1-3-9(4-2-8)24-25(18,22)23/h1-7H,(H2,18,22,23). The second-order valence-corrected chi connectivity index (χ2v) is 6.00. The molecule has 0 bridgehead atoms. The summed E-state index contributed by atoms with van der Waals surface area (Å²) in [5.74, 6) is -4.33. The first-order valence-electron chi connectivity index (χ1n) is 6.63. The number of halogens is 3. The summed E-state index contributed by atoms with van der Waals surface area (Å²) in [6, 6.07) is 7.39. The summed E-state index contributed by atoms with van der Waals surface area (Å²) < 4.78 is 67.2. The Balaban J connectivity index is 1.90. The van der Waals surface area contributed by atoms with Crippen molar-refractivity contribution in [2.45, 2.75) is 0 Å². The van der Waals surface area contributed by atoms with E-state index in [1.54, 1.807) is 0 Å². The molecule has 0 aliphatic rings. The zero-order chi connectivity index (χ0) is 18.2. The molecule has 0 aliphatic carbocycles. The third-order valence-corrected chi connectivity index (χ3v) is 3.54. The van der Waals surface area contributed by atoms with Crippen molar-refractivity contribution in [1.29, 1.82) is 0 Å². The Labute approximate surface area is 139 Å². The fourth-order valence-electron chi connectivity index (χ4n) is 2.02. The summed E-state index contributed by atoms with van der Waals surface area (Å²) in [5, 5.41) is 12.2. The highest BCUT2D eigenvalue weighted by Gasteiger charge is 2.16. The molecule has 0 spiro atoms. The zero-order valence-electron chi connectivity index (χ0n) is 12.2. The molecule has 0 aliphatic heterocycles. The maximum atomic E-state index is 13.8. The minimum atomic E-state index is -4.14. The maximum absolute atomic E-state index is 13.8. The van der Waals surface area contributed by atoms with Gasteiger partial charge in [0.15, 0.2) is 17.5 Å². The smallest absolute Gasteiger partial charge is 0.371 e. The van der Waals surface area contributed by atoms with Crippen molar-refractivity contribution in [3.63, 3.8) is 0 Å². The Morgan fingerprint density at radius 2 is 1.68 bits per heavy atom. The topological polar surface area (TPSA) is 100 Å². The van der Waals surface area contributed by atoms with Gasteiger partial charge in [-0.3, -0.25) is 0 Å². The van der Waals surface area contributed by atoms with Gasteiger partial charge in [0.2, 0.25) is 0 Å². The van der Waals surface area contributed by atoms with E-state index in [0.717, 1.165) is 16.8 Å². The SMILES string of the molecule is NS(=O)(=O)Oc1ccc(-c2cn(-c3ccc(F)c(F)c3F)nn2)cc1. The summed E-state index contributed by atoms with van der Waals surface area (Å²) in [6.07, 6.45) is 1.30. The van der Waals surface area contributed by atoms with Gasteiger partial charge in [-0.05, 0) is 36.4 Å². The lowest BCUT2D eigenvalue weighted by molar-refractivity contribution is 0.442. The molecule has 1 aromatic heterocycles. The molecule has 3 rings (SSSR count). The van der Waals surface area contributed by atoms with Crippen molar-refractivity contribution in [3.8, 4) is 22.7 Å². The van der Waals surface area contributed by atoms with Gasteiger partial charge in [-0.25, -0.2) is 17.9 Å². The molecule has 7 nitrogen and oxygen atoms in total. The second kappa shape index (κ2) is 6.18. The normalized spacial score (nSPS) is 11.5. The molecule has 3 aromatic rings. The highest BCUT2D eigenvalue weighted by molar-refractivity contribution is 7.84. The van der Waals surface area contributed by atoms with Gasteiger partial charge in [0.25, 0.3) is 0 Å². The minimum Gasteiger partial charge on any atom is -0.371 e. The molecule has 130 valence electrons. The lowest BCUT2D eigenvalue weighted by Crippen LogP contribution is -2.18. The minimum absolute atomic E-state index is 0.00899. The monoisotopic (exact) mass is 370 g/mol. The summed E-state index contributed by atoms with van der Waals surface area (Å²) >= 11 is 0. The first-order chi connectivity index (χ1) is 11.7. The highest BCUT2D eigenvalue weighted by Crippen LogP contribution is 2.23. The number of hydrogen-bond donors (Lipinski definition) is 1. The van der Waals surface area contributed by atoms with E-state index in [4.69, 9.17) is 5.14 Å². The van der Waals surface area contributed by atoms with E-state index in [2.05, 4.69) is 14.5 Å². The van der Waals surface area contributed by atoms with Gasteiger partial charge in [-0.2, -0.15) is 13.6 Å². The Morgan fingerprint density at radius 1 is 1.00 bits per heavy atom. The highest BCUT2D eigenvalue weighted by atomic mass is 32.2. The molecule has 2 aromatic carbocycles. The van der Waals surface area contributed by atoms with Crippen molar-refractivity contribution in [1.82, 2.24) is 15.0 Å². The van der Waals surface area contributed by atoms with Crippen LogP contribution in [0.3, 0.4) is 0 Å². The summed E-state index contributed by atoms with van der Waals surface area (Å²) in [5.41, 5.74) is 0.467. The van der Waals surface area contributed by atoms with Crippen LogP contribution in [0.5, 0.6) is 5.75 Å². The van der Waals surface area contributed by atoms with Crippen LogP contribution in [0.15, 0.2) is 42.6 Å². The number of benzene rings is 2. The Hall–Kier alpha value is -2.92. The van der Waals surface area contributed by atoms with E-state index < -0.39 is 27.8 Å². The van der Waals surface area contributed by atoms with Crippen molar-refractivity contribution in [2.75, 3.05) is 0 Å². The van der Waals surface area contributed by atoms with Crippen LogP contribution in [0.1, 0.15) is 0 Å². The van der Waals surface area contributed by atoms with E-state index >= 15 is 0 Å². The molecule has 0 fully saturated rings. The number of nitrogens with two attached hydrogens (primary N) is 1. The fraction of sp³-hybridized carbons (Fsp3) is 0. The number of aromatic nitrogens is 3. The van der Waals surface area contributed by atoms with Crippen LogP contribution in [0, 0.1) is 17.5 Å². The summed E-state index contributed by atoms with van der Waals surface area (Å²) in [4.78, 5) is 0. The maximum Gasteiger partial charge on any atom is 0.380 e. The molecule has 1 heterocycles. The van der Waals surface area contributed by atoms with E-state index in [1.807, 2.05) is 0 Å². The van der Waals surface area contributed by atoms with Crippen LogP contribution in [0.25, 0.3) is 16.9 Å². The van der Waals surface area contributed by atoms with Crippen molar-refractivity contribution in [3.05, 3.63) is 60.0 Å². The zero-order valence-corrected chi connectivity index (χ0v) is 13.0. The molecule has 0 unspecified atom stereocenters. The predicted octanol–water partition coefficient (Wildman–Crippen LogP) is 1.93. The second-order valence-electron chi connectivity index (χ2n) is 4.84. The molecule has 25 heavy (non-hydrogen) atoms. The third-order valence-electron chi connectivity index (χ3n) is 3.12. The molecular formula is C14H9F3N4O3S. The van der Waals surface area contributed by atoms with Crippen LogP contribution < -0.4 is 9.32 Å². The summed E-state index contributed by atoms with van der Waals surface area (Å²) in [7, 11) is -4.14. The number of hydrogen-bond acceptors (Lipinski definition) is 5. The van der Waals surface area contributed by atoms with Gasteiger partial charge in [0, 0.05) is 5.56 Å². The van der Waals surface area contributed by atoms with Crippen LogP contribution in [-0.2, 0) is 10.3 Å². The van der Waals surface area contributed by atoms with Crippen LogP contribution in [-0.4, -0.2) is 23.4 Å². The molecule has 0 atom stereocenters. The van der Waals surface area contributed by atoms with Crippen LogP contribution >= 0.6 is 0 Å². The van der Waals surface area contributed by atoms with Gasteiger partial charge in [-0.15, -0.1) is 5.10 Å². The Bertz CT molecular complexity index is 1040. The Morgan fingerprint density at radius 3 is 2.32 bits per heavy atom. The molecule has 0 saturated heterocycles. The Kier molecular flexibility index (Phi) is 4.18. The molecule has 11 heteroatoms.